The van der Waals surface area contributed by atoms with Gasteiger partial charge >= 0.3 is 0 Å². The van der Waals surface area contributed by atoms with Crippen LogP contribution in [-0.2, 0) is 19.4 Å². The molecule has 4 rings (SSSR count). The number of unbranched alkanes of at least 4 members (excludes halogenated alkanes) is 5. The van der Waals surface area contributed by atoms with Crippen LogP contribution in [-0.4, -0.2) is 28.4 Å². The van der Waals surface area contributed by atoms with Crippen LogP contribution in [0.15, 0.2) is 30.5 Å². The van der Waals surface area contributed by atoms with E-state index in [0.717, 1.165) is 47.8 Å². The number of hydrogen-bond acceptors (Lipinski definition) is 4. The van der Waals surface area contributed by atoms with E-state index >= 15 is 0 Å². The van der Waals surface area contributed by atoms with Gasteiger partial charge in [-0.15, -0.1) is 0 Å². The van der Waals surface area contributed by atoms with Crippen molar-refractivity contribution < 1.29 is 47.5 Å². The molecule has 0 spiro atoms. The summed E-state index contributed by atoms with van der Waals surface area (Å²) in [4.78, 5) is 0. The number of aryl methyl sites for hydroxylation is 3. The Kier molecular flexibility index (Phi) is 9.89. The summed E-state index contributed by atoms with van der Waals surface area (Å²) in [5.74, 6) is 3.13. The summed E-state index contributed by atoms with van der Waals surface area (Å²) >= 11 is 0. The molecule has 1 aliphatic rings. The van der Waals surface area contributed by atoms with Gasteiger partial charge in [-0.2, -0.15) is 4.57 Å². The molecule has 0 unspecified atom stereocenters. The second-order valence-electron chi connectivity index (χ2n) is 9.04. The number of nitrogens with zero attached hydrogens (tertiary/aromatic N) is 1. The number of rotatable bonds is 11. The summed E-state index contributed by atoms with van der Waals surface area (Å²) in [5, 5.41) is 2.34. The van der Waals surface area contributed by atoms with Gasteiger partial charge in [0.05, 0.1) is 39.4 Å². The molecule has 0 saturated heterocycles. The van der Waals surface area contributed by atoms with Gasteiger partial charge < -0.3 is 42.9 Å². The zero-order valence-corrected chi connectivity index (χ0v) is 23.9. The molecule has 0 aliphatic carbocycles. The third-order valence-corrected chi connectivity index (χ3v) is 7.03. The number of ether oxygens (including phenoxy) is 4. The quantitative estimate of drug-likeness (QED) is 0.195. The van der Waals surface area contributed by atoms with Crippen molar-refractivity contribution in [1.82, 2.24) is 0 Å². The fourth-order valence-electron chi connectivity index (χ4n) is 5.28. The van der Waals surface area contributed by atoms with E-state index in [9.17, 15) is 0 Å². The summed E-state index contributed by atoms with van der Waals surface area (Å²) in [6.07, 6.45) is 11.9. The summed E-state index contributed by atoms with van der Waals surface area (Å²) in [7, 11) is 6.83. The summed E-state index contributed by atoms with van der Waals surface area (Å²) < 4.78 is 25.1. The molecular weight excluding hydrogens is 553 g/mol. The van der Waals surface area contributed by atoms with Crippen molar-refractivity contribution in [3.63, 3.8) is 0 Å². The highest BCUT2D eigenvalue weighted by molar-refractivity contribution is 5.95. The van der Waals surface area contributed by atoms with Gasteiger partial charge in [-0.3, -0.25) is 0 Å². The number of fused-ring (bicyclic) bond motifs is 4. The van der Waals surface area contributed by atoms with E-state index in [4.69, 9.17) is 18.9 Å². The van der Waals surface area contributed by atoms with E-state index in [1.54, 1.807) is 28.4 Å². The summed E-state index contributed by atoms with van der Waals surface area (Å²) in [5.41, 5.74) is 5.21. The lowest BCUT2D eigenvalue weighted by Gasteiger charge is -2.22. The molecule has 6 heteroatoms. The maximum Gasteiger partial charge on any atom is 0.216 e. The molecule has 35 heavy (non-hydrogen) atoms. The molecule has 0 fully saturated rings. The number of benzene rings is 2. The highest BCUT2D eigenvalue weighted by Crippen LogP contribution is 2.42. The monoisotopic (exact) mass is 591 g/mol. The van der Waals surface area contributed by atoms with E-state index in [1.165, 1.54) is 66.3 Å². The zero-order chi connectivity index (χ0) is 24.1. The Morgan fingerprint density at radius 1 is 0.771 bits per heavy atom. The lowest BCUT2D eigenvalue weighted by atomic mass is 9.89. The highest BCUT2D eigenvalue weighted by atomic mass is 127. The fraction of sp³-hybridized carbons (Fsp3) is 0.483. The normalized spacial score (nSPS) is 11.9. The predicted octanol–water partition coefficient (Wildman–Crippen LogP) is 3.29. The van der Waals surface area contributed by atoms with Crippen LogP contribution in [0.5, 0.6) is 23.0 Å². The van der Waals surface area contributed by atoms with Gasteiger partial charge in [0.1, 0.15) is 0 Å². The molecule has 1 aliphatic heterocycles. The Balaban J connectivity index is 0.00000342. The molecule has 0 atom stereocenters. The van der Waals surface area contributed by atoms with Crippen molar-refractivity contribution in [3.05, 3.63) is 41.6 Å². The molecule has 2 heterocycles. The van der Waals surface area contributed by atoms with Gasteiger partial charge in [-0.1, -0.05) is 39.0 Å². The zero-order valence-electron chi connectivity index (χ0n) is 21.7. The fourth-order valence-corrected chi connectivity index (χ4v) is 5.28. The molecule has 5 nitrogen and oxygen atoms in total. The van der Waals surface area contributed by atoms with Crippen LogP contribution >= 0.6 is 0 Å². The van der Waals surface area contributed by atoms with E-state index in [2.05, 4.69) is 35.9 Å². The van der Waals surface area contributed by atoms with Crippen molar-refractivity contribution in [2.24, 2.45) is 0 Å². The third-order valence-electron chi connectivity index (χ3n) is 7.03. The first kappa shape index (κ1) is 27.4. The lowest BCUT2D eigenvalue weighted by Crippen LogP contribution is -3.00. The van der Waals surface area contributed by atoms with Crippen LogP contribution in [0.25, 0.3) is 22.0 Å². The number of aromatic nitrogens is 1. The maximum atomic E-state index is 5.83. The Morgan fingerprint density at radius 3 is 2.14 bits per heavy atom. The molecule has 3 aromatic rings. The molecule has 1 aromatic heterocycles. The van der Waals surface area contributed by atoms with Crippen LogP contribution in [0.3, 0.4) is 0 Å². The van der Waals surface area contributed by atoms with E-state index in [0.29, 0.717) is 0 Å². The van der Waals surface area contributed by atoms with Gasteiger partial charge in [0.15, 0.2) is 35.7 Å². The van der Waals surface area contributed by atoms with Crippen LogP contribution in [0.1, 0.15) is 56.6 Å². The Hall–Kier alpha value is -2.22. The number of halogens is 1. The highest BCUT2D eigenvalue weighted by Gasteiger charge is 2.31. The smallest absolute Gasteiger partial charge is 0.216 e. The van der Waals surface area contributed by atoms with Crippen LogP contribution < -0.4 is 47.5 Å². The van der Waals surface area contributed by atoms with Gasteiger partial charge in [0.25, 0.3) is 0 Å². The molecule has 190 valence electrons. The van der Waals surface area contributed by atoms with Crippen molar-refractivity contribution in [2.75, 3.05) is 28.4 Å². The minimum atomic E-state index is 0. The standard InChI is InChI=1S/C29H38NO4.HI/c1-6-7-8-9-10-11-12-22-21-13-14-25(31-2)29(34-5)24(21)19-30-16-15-20-17-26(32-3)27(33-4)18-23(20)28(22)30;/h13-14,17-19H,6-12,15-16H2,1-5H3;1H/q+1;/p-1. The molecule has 0 amide bonds. The van der Waals surface area contributed by atoms with E-state index < -0.39 is 0 Å². The van der Waals surface area contributed by atoms with Crippen molar-refractivity contribution in [3.8, 4) is 34.3 Å². The summed E-state index contributed by atoms with van der Waals surface area (Å²) in [6, 6.07) is 8.52. The topological polar surface area (TPSA) is 40.8 Å². The van der Waals surface area contributed by atoms with E-state index in [-0.39, 0.29) is 24.0 Å². The number of hydrogen-bond donors (Lipinski definition) is 0. The number of methoxy groups -OCH3 is 4. The van der Waals surface area contributed by atoms with Gasteiger partial charge in [-0.25, -0.2) is 0 Å². The van der Waals surface area contributed by atoms with Crippen molar-refractivity contribution in [2.45, 2.75) is 64.8 Å². The first-order valence-corrected chi connectivity index (χ1v) is 12.5. The van der Waals surface area contributed by atoms with Crippen LogP contribution in [0, 0.1) is 0 Å². The van der Waals surface area contributed by atoms with Gasteiger partial charge in [-0.05, 0) is 42.7 Å². The molecular formula is C29H38INO4. The van der Waals surface area contributed by atoms with Crippen LogP contribution in [0.2, 0.25) is 0 Å². The third kappa shape index (κ3) is 5.47. The first-order chi connectivity index (χ1) is 16.7. The molecule has 0 bridgehead atoms. The Labute approximate surface area is 226 Å². The Bertz CT molecular complexity index is 1160. The largest absolute Gasteiger partial charge is 1.00 e. The number of pyridine rings is 1. The second-order valence-corrected chi connectivity index (χ2v) is 9.04. The van der Waals surface area contributed by atoms with Crippen molar-refractivity contribution >= 4 is 10.8 Å². The average molecular weight is 592 g/mol. The van der Waals surface area contributed by atoms with E-state index in [1.807, 2.05) is 6.07 Å². The second kappa shape index (κ2) is 12.7. The van der Waals surface area contributed by atoms with Crippen LogP contribution in [0.4, 0.5) is 0 Å². The molecule has 2 aromatic carbocycles. The minimum absolute atomic E-state index is 0. The van der Waals surface area contributed by atoms with Gasteiger partial charge in [0, 0.05) is 17.4 Å². The minimum Gasteiger partial charge on any atom is -1.00 e. The molecule has 0 N–H and O–H groups in total. The molecule has 0 saturated carbocycles. The SMILES string of the molecule is CCCCCCCCc1c2[n+](cc3c(OC)c(OC)ccc13)CCc1cc(OC)c(OC)cc1-2.[I-]. The predicted molar refractivity (Wildman–Crippen MR) is 137 cm³/mol. The van der Waals surface area contributed by atoms with Crippen molar-refractivity contribution in [1.29, 1.82) is 0 Å². The average Bonchev–Trinajstić information content (AvgIpc) is 2.88. The molecule has 0 radical (unpaired) electrons. The summed E-state index contributed by atoms with van der Waals surface area (Å²) in [6.45, 7) is 3.18. The Morgan fingerprint density at radius 2 is 1.46 bits per heavy atom. The maximum absolute atomic E-state index is 5.83. The first-order valence-electron chi connectivity index (χ1n) is 12.5. The van der Waals surface area contributed by atoms with Gasteiger partial charge in [0.2, 0.25) is 5.69 Å². The lowest BCUT2D eigenvalue weighted by molar-refractivity contribution is -0.686.